The van der Waals surface area contributed by atoms with E-state index >= 15 is 0 Å². The van der Waals surface area contributed by atoms with Gasteiger partial charge in [0.1, 0.15) is 5.75 Å². The van der Waals surface area contributed by atoms with E-state index in [0.717, 1.165) is 6.42 Å². The van der Waals surface area contributed by atoms with Gasteiger partial charge < -0.3 is 4.74 Å². The SMILES string of the molecule is NS(=O)(=O)c1ccc(OCC2Cc3ccccc32)c(Cl)c1. The maximum absolute atomic E-state index is 11.2. The molecule has 0 heterocycles. The molecule has 6 heteroatoms. The van der Waals surface area contributed by atoms with Crippen LogP contribution in [0.4, 0.5) is 0 Å². The first-order valence-electron chi connectivity index (χ1n) is 6.48. The highest BCUT2D eigenvalue weighted by molar-refractivity contribution is 7.89. The van der Waals surface area contributed by atoms with E-state index in [-0.39, 0.29) is 9.92 Å². The van der Waals surface area contributed by atoms with E-state index in [1.54, 1.807) is 0 Å². The van der Waals surface area contributed by atoms with Crippen molar-refractivity contribution in [3.05, 3.63) is 58.6 Å². The fourth-order valence-corrected chi connectivity index (χ4v) is 3.32. The second-order valence-corrected chi connectivity index (χ2v) is 7.02. The number of ether oxygens (including phenoxy) is 1. The van der Waals surface area contributed by atoms with Crippen molar-refractivity contribution in [3.8, 4) is 5.75 Å². The zero-order valence-corrected chi connectivity index (χ0v) is 12.7. The van der Waals surface area contributed by atoms with Crippen LogP contribution in [0, 0.1) is 0 Å². The molecule has 2 aromatic rings. The Kier molecular flexibility index (Phi) is 3.65. The molecule has 0 radical (unpaired) electrons. The maximum atomic E-state index is 11.2. The summed E-state index contributed by atoms with van der Waals surface area (Å²) in [5.74, 6) is 0.823. The maximum Gasteiger partial charge on any atom is 0.238 e. The van der Waals surface area contributed by atoms with Crippen LogP contribution in [0.3, 0.4) is 0 Å². The smallest absolute Gasteiger partial charge is 0.238 e. The molecular formula is C15H14ClNO3S. The lowest BCUT2D eigenvalue weighted by atomic mass is 9.78. The molecule has 110 valence electrons. The van der Waals surface area contributed by atoms with Crippen LogP contribution in [0.5, 0.6) is 5.75 Å². The zero-order chi connectivity index (χ0) is 15.0. The molecule has 2 N–H and O–H groups in total. The highest BCUT2D eigenvalue weighted by Gasteiger charge is 2.26. The summed E-state index contributed by atoms with van der Waals surface area (Å²) in [6, 6.07) is 12.5. The first-order valence-corrected chi connectivity index (χ1v) is 8.40. The van der Waals surface area contributed by atoms with Crippen LogP contribution in [0.25, 0.3) is 0 Å². The number of rotatable bonds is 4. The Bertz CT molecular complexity index is 789. The average molecular weight is 324 g/mol. The summed E-state index contributed by atoms with van der Waals surface area (Å²) in [6.07, 6.45) is 0.989. The van der Waals surface area contributed by atoms with Crippen LogP contribution < -0.4 is 9.88 Å². The van der Waals surface area contributed by atoms with E-state index in [9.17, 15) is 8.42 Å². The summed E-state index contributed by atoms with van der Waals surface area (Å²) >= 11 is 6.04. The van der Waals surface area contributed by atoms with Crippen LogP contribution in [0.15, 0.2) is 47.4 Å². The third-order valence-corrected chi connectivity index (χ3v) is 4.84. The minimum Gasteiger partial charge on any atom is -0.491 e. The second kappa shape index (κ2) is 5.33. The fraction of sp³-hybridized carbons (Fsp3) is 0.200. The Hall–Kier alpha value is -1.56. The van der Waals surface area contributed by atoms with Crippen molar-refractivity contribution in [2.45, 2.75) is 17.2 Å². The Morgan fingerprint density at radius 1 is 1.24 bits per heavy atom. The molecule has 0 amide bonds. The molecule has 1 unspecified atom stereocenters. The van der Waals surface area contributed by atoms with Crippen molar-refractivity contribution in [1.82, 2.24) is 0 Å². The first kappa shape index (κ1) is 14.4. The Balaban J connectivity index is 1.70. The lowest BCUT2D eigenvalue weighted by Crippen LogP contribution is -2.23. The Labute approximate surface area is 128 Å². The Morgan fingerprint density at radius 2 is 2.00 bits per heavy atom. The van der Waals surface area contributed by atoms with Crippen LogP contribution >= 0.6 is 11.6 Å². The molecule has 0 fully saturated rings. The Morgan fingerprint density at radius 3 is 2.67 bits per heavy atom. The zero-order valence-electron chi connectivity index (χ0n) is 11.1. The van der Waals surface area contributed by atoms with Crippen molar-refractivity contribution in [1.29, 1.82) is 0 Å². The molecule has 2 aromatic carbocycles. The van der Waals surface area contributed by atoms with Gasteiger partial charge in [-0.1, -0.05) is 35.9 Å². The van der Waals surface area contributed by atoms with E-state index in [1.165, 1.54) is 29.3 Å². The van der Waals surface area contributed by atoms with Crippen molar-refractivity contribution in [2.24, 2.45) is 5.14 Å². The van der Waals surface area contributed by atoms with Gasteiger partial charge >= 0.3 is 0 Å². The summed E-state index contributed by atoms with van der Waals surface area (Å²) in [7, 11) is -3.75. The van der Waals surface area contributed by atoms with Gasteiger partial charge in [-0.05, 0) is 35.7 Å². The summed E-state index contributed by atoms with van der Waals surface area (Å²) in [5, 5.41) is 5.30. The average Bonchev–Trinajstić information content (AvgIpc) is 2.40. The molecule has 4 nitrogen and oxygen atoms in total. The lowest BCUT2D eigenvalue weighted by molar-refractivity contribution is 0.275. The third-order valence-electron chi connectivity index (χ3n) is 3.63. The van der Waals surface area contributed by atoms with Crippen LogP contribution in [0.2, 0.25) is 5.02 Å². The van der Waals surface area contributed by atoms with Gasteiger partial charge in [-0.25, -0.2) is 13.6 Å². The molecule has 0 bridgehead atoms. The van der Waals surface area contributed by atoms with Crippen molar-refractivity contribution in [3.63, 3.8) is 0 Å². The van der Waals surface area contributed by atoms with Crippen molar-refractivity contribution in [2.75, 3.05) is 6.61 Å². The van der Waals surface area contributed by atoms with Gasteiger partial charge in [0.05, 0.1) is 16.5 Å². The number of hydrogen-bond donors (Lipinski definition) is 1. The summed E-state index contributed by atoms with van der Waals surface area (Å²) in [6.45, 7) is 0.519. The minimum absolute atomic E-state index is 0.0196. The predicted octanol–water partition coefficient (Wildman–Crippen LogP) is 2.71. The summed E-state index contributed by atoms with van der Waals surface area (Å²) in [4.78, 5) is -0.0196. The van der Waals surface area contributed by atoms with Crippen molar-refractivity contribution >= 4 is 21.6 Å². The van der Waals surface area contributed by atoms with Crippen LogP contribution in [-0.2, 0) is 16.4 Å². The fourth-order valence-electron chi connectivity index (χ4n) is 2.48. The van der Waals surface area contributed by atoms with E-state index in [0.29, 0.717) is 18.3 Å². The van der Waals surface area contributed by atoms with Gasteiger partial charge in [0.25, 0.3) is 0 Å². The summed E-state index contributed by atoms with van der Waals surface area (Å²) < 4.78 is 28.2. The molecule has 3 rings (SSSR count). The van der Waals surface area contributed by atoms with Gasteiger partial charge in [0.15, 0.2) is 0 Å². The van der Waals surface area contributed by atoms with Gasteiger partial charge in [0, 0.05) is 5.92 Å². The topological polar surface area (TPSA) is 69.4 Å². The molecular weight excluding hydrogens is 310 g/mol. The van der Waals surface area contributed by atoms with Crippen LogP contribution in [0.1, 0.15) is 17.0 Å². The molecule has 0 saturated heterocycles. The van der Waals surface area contributed by atoms with E-state index in [4.69, 9.17) is 21.5 Å². The van der Waals surface area contributed by atoms with Gasteiger partial charge in [-0.3, -0.25) is 0 Å². The van der Waals surface area contributed by atoms with E-state index < -0.39 is 10.0 Å². The standard InChI is InChI=1S/C15H14ClNO3S/c16-14-8-12(21(17,18)19)5-6-15(14)20-9-11-7-10-3-1-2-4-13(10)11/h1-6,8,11H,7,9H2,(H2,17,18,19). The number of halogens is 1. The molecule has 0 aliphatic heterocycles. The third kappa shape index (κ3) is 2.90. The molecule has 0 spiro atoms. The first-order chi connectivity index (χ1) is 9.95. The highest BCUT2D eigenvalue weighted by atomic mass is 35.5. The largest absolute Gasteiger partial charge is 0.491 e. The predicted molar refractivity (Wildman–Crippen MR) is 81.2 cm³/mol. The normalized spacial score (nSPS) is 17.0. The quantitative estimate of drug-likeness (QED) is 0.940. The minimum atomic E-state index is -3.75. The summed E-state index contributed by atoms with van der Waals surface area (Å²) in [5.41, 5.74) is 2.65. The molecule has 0 aromatic heterocycles. The molecule has 1 atom stereocenters. The van der Waals surface area contributed by atoms with Gasteiger partial charge in [-0.2, -0.15) is 0 Å². The molecule has 0 saturated carbocycles. The number of benzene rings is 2. The molecule has 21 heavy (non-hydrogen) atoms. The highest BCUT2D eigenvalue weighted by Crippen LogP contribution is 2.36. The molecule has 1 aliphatic rings. The van der Waals surface area contributed by atoms with Crippen molar-refractivity contribution < 1.29 is 13.2 Å². The number of hydrogen-bond acceptors (Lipinski definition) is 3. The monoisotopic (exact) mass is 323 g/mol. The lowest BCUT2D eigenvalue weighted by Gasteiger charge is -2.29. The molecule has 1 aliphatic carbocycles. The van der Waals surface area contributed by atoms with Gasteiger partial charge in [0.2, 0.25) is 10.0 Å². The number of sulfonamides is 1. The van der Waals surface area contributed by atoms with E-state index in [2.05, 4.69) is 12.1 Å². The van der Waals surface area contributed by atoms with Gasteiger partial charge in [-0.15, -0.1) is 0 Å². The second-order valence-electron chi connectivity index (χ2n) is 5.05. The van der Waals surface area contributed by atoms with Crippen LogP contribution in [-0.4, -0.2) is 15.0 Å². The number of primary sulfonamides is 1. The number of fused-ring (bicyclic) bond motifs is 1. The number of nitrogens with two attached hydrogens (primary N) is 1. The van der Waals surface area contributed by atoms with E-state index in [1.807, 2.05) is 12.1 Å².